The summed E-state index contributed by atoms with van der Waals surface area (Å²) in [6.07, 6.45) is 0. The maximum absolute atomic E-state index is 13.9. The Labute approximate surface area is 162 Å². The first-order valence-corrected chi connectivity index (χ1v) is 8.13. The summed E-state index contributed by atoms with van der Waals surface area (Å²) in [5, 5.41) is 3.58. The van der Waals surface area contributed by atoms with Gasteiger partial charge in [-0.15, -0.1) is 0 Å². The molecule has 0 saturated heterocycles. The van der Waals surface area contributed by atoms with Gasteiger partial charge in [0.25, 0.3) is 5.91 Å². The van der Waals surface area contributed by atoms with Crippen LogP contribution in [0.3, 0.4) is 0 Å². The van der Waals surface area contributed by atoms with E-state index in [1.165, 1.54) is 18.2 Å². The van der Waals surface area contributed by atoms with Crippen LogP contribution in [0.25, 0.3) is 0 Å². The van der Waals surface area contributed by atoms with E-state index >= 15 is 0 Å². The van der Waals surface area contributed by atoms with Crippen molar-refractivity contribution in [2.24, 2.45) is 0 Å². The second-order valence-corrected chi connectivity index (χ2v) is 6.35. The van der Waals surface area contributed by atoms with Crippen molar-refractivity contribution >= 4 is 51.5 Å². The van der Waals surface area contributed by atoms with E-state index in [1.807, 2.05) is 27.9 Å². The molecule has 2 aromatic carbocycles. The topological polar surface area (TPSA) is 50.4 Å². The SMILES string of the molecule is COc1c(F)c(F)c(C(=O)NC(=S)Nc2ccc(I)cc2F)c(F)c1F. The summed E-state index contributed by atoms with van der Waals surface area (Å²) in [6.45, 7) is 0. The molecule has 1 amide bonds. The van der Waals surface area contributed by atoms with E-state index in [4.69, 9.17) is 12.2 Å². The molecular weight excluding hydrogens is 494 g/mol. The van der Waals surface area contributed by atoms with Crippen molar-refractivity contribution in [2.75, 3.05) is 12.4 Å². The van der Waals surface area contributed by atoms with Gasteiger partial charge in [0.15, 0.2) is 22.5 Å². The highest BCUT2D eigenvalue weighted by atomic mass is 127. The Balaban J connectivity index is 2.26. The average Bonchev–Trinajstić information content (AvgIpc) is 2.56. The summed E-state index contributed by atoms with van der Waals surface area (Å²) in [7, 11) is 0.800. The Morgan fingerprint density at radius 1 is 1.08 bits per heavy atom. The van der Waals surface area contributed by atoms with Crippen molar-refractivity contribution in [3.63, 3.8) is 0 Å². The number of amides is 1. The van der Waals surface area contributed by atoms with Crippen LogP contribution in [0, 0.1) is 32.7 Å². The summed E-state index contributed by atoms with van der Waals surface area (Å²) >= 11 is 6.60. The van der Waals surface area contributed by atoms with Gasteiger partial charge in [0.1, 0.15) is 11.4 Å². The number of halogens is 6. The van der Waals surface area contributed by atoms with Crippen LogP contribution < -0.4 is 15.4 Å². The number of methoxy groups -OCH3 is 1. The van der Waals surface area contributed by atoms with Crippen LogP contribution >= 0.6 is 34.8 Å². The number of carbonyl (C=O) groups is 1. The molecule has 11 heteroatoms. The van der Waals surface area contributed by atoms with Gasteiger partial charge in [0.05, 0.1) is 12.8 Å². The first kappa shape index (κ1) is 20.3. The highest BCUT2D eigenvalue weighted by Crippen LogP contribution is 2.29. The lowest BCUT2D eigenvalue weighted by molar-refractivity contribution is 0.0966. The number of ether oxygens (including phenoxy) is 1. The van der Waals surface area contributed by atoms with Crippen LogP contribution in [-0.4, -0.2) is 18.1 Å². The molecular formula is C15H8F5IN2O2S. The Morgan fingerprint density at radius 3 is 2.15 bits per heavy atom. The van der Waals surface area contributed by atoms with Crippen LogP contribution in [0.5, 0.6) is 5.75 Å². The standard InChI is InChI=1S/C15H8F5IN2O2S/c1-25-13-11(19)9(17)8(10(18)12(13)20)14(24)23-15(26)22-7-3-2-5(21)4-6(7)16/h2-4H,1H3,(H2,22,23,24,26). The van der Waals surface area contributed by atoms with E-state index in [9.17, 15) is 26.7 Å². The lowest BCUT2D eigenvalue weighted by Crippen LogP contribution is -2.35. The van der Waals surface area contributed by atoms with Crippen LogP contribution in [-0.2, 0) is 0 Å². The number of thiocarbonyl (C=S) groups is 1. The fraction of sp³-hybridized carbons (Fsp3) is 0.0667. The van der Waals surface area contributed by atoms with Crippen molar-refractivity contribution in [1.29, 1.82) is 0 Å². The molecule has 0 fully saturated rings. The Bertz CT molecular complexity index is 881. The van der Waals surface area contributed by atoms with E-state index in [0.29, 0.717) is 3.57 Å². The molecule has 0 spiro atoms. The molecule has 0 unspecified atom stereocenters. The molecule has 26 heavy (non-hydrogen) atoms. The average molecular weight is 502 g/mol. The van der Waals surface area contributed by atoms with Crippen LogP contribution in [0.4, 0.5) is 27.6 Å². The fourth-order valence-corrected chi connectivity index (χ4v) is 2.56. The van der Waals surface area contributed by atoms with Gasteiger partial charge < -0.3 is 10.1 Å². The Morgan fingerprint density at radius 2 is 1.65 bits per heavy atom. The zero-order valence-corrected chi connectivity index (χ0v) is 15.7. The molecule has 0 saturated carbocycles. The first-order chi connectivity index (χ1) is 12.2. The van der Waals surface area contributed by atoms with Gasteiger partial charge in [-0.05, 0) is 53.0 Å². The van der Waals surface area contributed by atoms with Crippen molar-refractivity contribution in [2.45, 2.75) is 0 Å². The van der Waals surface area contributed by atoms with E-state index in [0.717, 1.165) is 7.11 Å². The molecule has 2 aromatic rings. The Kier molecular flexibility index (Phi) is 6.34. The van der Waals surface area contributed by atoms with Gasteiger partial charge in [0.2, 0.25) is 11.6 Å². The summed E-state index contributed by atoms with van der Waals surface area (Å²) in [4.78, 5) is 11.9. The van der Waals surface area contributed by atoms with Crippen molar-refractivity contribution in [3.05, 3.63) is 56.4 Å². The lowest BCUT2D eigenvalue weighted by atomic mass is 10.1. The summed E-state index contributed by atoms with van der Waals surface area (Å²) in [5.74, 6) is -11.2. The summed E-state index contributed by atoms with van der Waals surface area (Å²) in [5.41, 5.74) is -1.66. The third-order valence-corrected chi connectivity index (χ3v) is 3.94. The summed E-state index contributed by atoms with van der Waals surface area (Å²) < 4.78 is 73.6. The monoisotopic (exact) mass is 502 g/mol. The smallest absolute Gasteiger partial charge is 0.263 e. The van der Waals surface area contributed by atoms with E-state index in [1.54, 1.807) is 0 Å². The van der Waals surface area contributed by atoms with Crippen LogP contribution in [0.15, 0.2) is 18.2 Å². The molecule has 0 aromatic heterocycles. The predicted octanol–water partition coefficient (Wildman–Crippen LogP) is 4.12. The molecule has 0 atom stereocenters. The summed E-state index contributed by atoms with van der Waals surface area (Å²) in [6, 6.07) is 4.01. The second kappa shape index (κ2) is 8.12. The van der Waals surface area contributed by atoms with E-state index in [2.05, 4.69) is 10.1 Å². The third kappa shape index (κ3) is 4.03. The quantitative estimate of drug-likeness (QED) is 0.287. The molecule has 0 aliphatic rings. The number of benzene rings is 2. The zero-order valence-electron chi connectivity index (χ0n) is 12.7. The molecule has 2 N–H and O–H groups in total. The highest BCUT2D eigenvalue weighted by molar-refractivity contribution is 14.1. The van der Waals surface area contributed by atoms with Crippen LogP contribution in [0.1, 0.15) is 10.4 Å². The maximum atomic E-state index is 13.9. The molecule has 0 aliphatic carbocycles. The van der Waals surface area contributed by atoms with Crippen molar-refractivity contribution in [1.82, 2.24) is 5.32 Å². The minimum atomic E-state index is -1.96. The molecule has 2 rings (SSSR count). The Hall–Kier alpha value is -2.02. The predicted molar refractivity (Wildman–Crippen MR) is 95.6 cm³/mol. The van der Waals surface area contributed by atoms with Crippen molar-refractivity contribution in [3.8, 4) is 5.75 Å². The number of rotatable bonds is 3. The van der Waals surface area contributed by atoms with Gasteiger partial charge in [-0.1, -0.05) is 0 Å². The first-order valence-electron chi connectivity index (χ1n) is 6.64. The second-order valence-electron chi connectivity index (χ2n) is 4.70. The maximum Gasteiger partial charge on any atom is 0.263 e. The fourth-order valence-electron chi connectivity index (χ4n) is 1.90. The van der Waals surface area contributed by atoms with Gasteiger partial charge in [0, 0.05) is 3.57 Å². The minimum Gasteiger partial charge on any atom is -0.491 e. The third-order valence-electron chi connectivity index (χ3n) is 3.06. The zero-order chi connectivity index (χ0) is 19.6. The van der Waals surface area contributed by atoms with Crippen LogP contribution in [0.2, 0.25) is 0 Å². The minimum absolute atomic E-state index is 0.122. The van der Waals surface area contributed by atoms with Gasteiger partial charge in [-0.2, -0.15) is 8.78 Å². The lowest BCUT2D eigenvalue weighted by Gasteiger charge is -2.13. The highest BCUT2D eigenvalue weighted by Gasteiger charge is 2.30. The molecule has 0 bridgehead atoms. The van der Waals surface area contributed by atoms with Gasteiger partial charge >= 0.3 is 0 Å². The van der Waals surface area contributed by atoms with E-state index in [-0.39, 0.29) is 5.69 Å². The largest absolute Gasteiger partial charge is 0.491 e. The van der Waals surface area contributed by atoms with Gasteiger partial charge in [-0.3, -0.25) is 10.1 Å². The van der Waals surface area contributed by atoms with Gasteiger partial charge in [-0.25, -0.2) is 13.2 Å². The molecule has 138 valence electrons. The molecule has 0 radical (unpaired) electrons. The van der Waals surface area contributed by atoms with Crippen molar-refractivity contribution < 1.29 is 31.5 Å². The normalized spacial score (nSPS) is 10.4. The molecule has 0 heterocycles. The number of nitrogens with one attached hydrogen (secondary N) is 2. The molecule has 0 aliphatic heterocycles. The number of hydrogen-bond donors (Lipinski definition) is 2. The van der Waals surface area contributed by atoms with E-state index < -0.39 is 51.4 Å². The number of anilines is 1. The number of carbonyl (C=O) groups excluding carboxylic acids is 1. The molecule has 4 nitrogen and oxygen atoms in total. The number of hydrogen-bond acceptors (Lipinski definition) is 3.